The highest BCUT2D eigenvalue weighted by Gasteiger charge is 2.21. The zero-order valence-electron chi connectivity index (χ0n) is 44.0. The van der Waals surface area contributed by atoms with Gasteiger partial charge >= 0.3 is 0 Å². The van der Waals surface area contributed by atoms with Gasteiger partial charge in [0.25, 0.3) is 0 Å². The van der Waals surface area contributed by atoms with E-state index in [-0.39, 0.29) is 10.9 Å². The van der Waals surface area contributed by atoms with Crippen molar-refractivity contribution in [3.63, 3.8) is 0 Å². The largest absolute Gasteiger partial charge is 0.456 e. The van der Waals surface area contributed by atoms with Gasteiger partial charge in [-0.3, -0.25) is 9.59 Å². The van der Waals surface area contributed by atoms with Crippen LogP contribution in [0.5, 0.6) is 0 Å². The van der Waals surface area contributed by atoms with Crippen LogP contribution in [-0.2, 0) is 0 Å². The number of hydrogen-bond acceptors (Lipinski definition) is 6. The van der Waals surface area contributed by atoms with Crippen molar-refractivity contribution in [1.82, 2.24) is 9.13 Å². The Morgan fingerprint density at radius 1 is 0.244 bits per heavy atom. The van der Waals surface area contributed by atoms with Gasteiger partial charge in [-0.05, 0) is 139 Å². The molecule has 4 heterocycles. The fraction of sp³-hybridized carbons (Fsp3) is 0. The molecule has 0 aliphatic carbocycles. The van der Waals surface area contributed by atoms with Crippen LogP contribution >= 0.6 is 0 Å². The Bertz CT molecular complexity index is 5260. The summed E-state index contributed by atoms with van der Waals surface area (Å²) in [6.07, 6.45) is 0. The van der Waals surface area contributed by atoms with Gasteiger partial charge in [-0.25, -0.2) is 0 Å². The van der Waals surface area contributed by atoms with Crippen molar-refractivity contribution in [2.75, 3.05) is 9.80 Å². The van der Waals surface area contributed by atoms with Crippen molar-refractivity contribution < 1.29 is 8.83 Å². The fourth-order valence-corrected chi connectivity index (χ4v) is 12.3. The molecule has 8 heteroatoms. The van der Waals surface area contributed by atoms with Gasteiger partial charge in [-0.15, -0.1) is 0 Å². The summed E-state index contributed by atoms with van der Waals surface area (Å²) in [6.45, 7) is 0. The molecule has 0 saturated heterocycles. The van der Waals surface area contributed by atoms with Gasteiger partial charge in [-0.1, -0.05) is 127 Å². The lowest BCUT2D eigenvalue weighted by Crippen LogP contribution is -2.11. The molecule has 0 bridgehead atoms. The van der Waals surface area contributed by atoms with Crippen LogP contribution in [0.4, 0.5) is 34.1 Å². The van der Waals surface area contributed by atoms with Crippen molar-refractivity contribution in [2.45, 2.75) is 0 Å². The maximum atomic E-state index is 14.3. The van der Waals surface area contributed by atoms with Gasteiger partial charge in [0.2, 0.25) is 10.9 Å². The standard InChI is InChI=1S/C74H46N4O4/c79-73-60-36-32-53(75(49-18-4-1-5-19-49)50-20-6-2-7-21-50)43-69(60)81-70-44-54(33-37-61(70)73)76(51-22-8-3-9-23-51)52-24-16-17-47(41-52)48-31-40-68-64(42-48)59-27-12-15-30-67(59)78(68)56-35-39-63-72(46-56)82-71-45-55(34-38-62(71)74(63)80)77-65-28-13-10-25-57(65)58-26-11-14-29-66(58)77/h1-46H. The van der Waals surface area contributed by atoms with Gasteiger partial charge in [0.15, 0.2) is 0 Å². The second-order valence-corrected chi connectivity index (χ2v) is 20.8. The van der Waals surface area contributed by atoms with Crippen LogP contribution in [0.2, 0.25) is 0 Å². The minimum absolute atomic E-state index is 0.0680. The van der Waals surface area contributed by atoms with E-state index in [1.165, 1.54) is 10.8 Å². The molecule has 0 radical (unpaired) electrons. The molecule has 4 aromatic heterocycles. The zero-order valence-corrected chi connectivity index (χ0v) is 44.0. The first-order valence-corrected chi connectivity index (χ1v) is 27.4. The van der Waals surface area contributed by atoms with Crippen molar-refractivity contribution in [2.24, 2.45) is 0 Å². The molecule has 0 fully saturated rings. The maximum absolute atomic E-state index is 14.3. The summed E-state index contributed by atoms with van der Waals surface area (Å²) in [6, 6.07) is 94.6. The first kappa shape index (κ1) is 46.8. The van der Waals surface area contributed by atoms with Gasteiger partial charge in [-0.2, -0.15) is 0 Å². The lowest BCUT2D eigenvalue weighted by atomic mass is 10.0. The number of nitrogens with zero attached hydrogens (tertiary/aromatic N) is 4. The smallest absolute Gasteiger partial charge is 0.200 e. The lowest BCUT2D eigenvalue weighted by Gasteiger charge is -2.26. The molecule has 0 amide bonds. The summed E-state index contributed by atoms with van der Waals surface area (Å²) in [5, 5.41) is 6.61. The van der Waals surface area contributed by atoms with Crippen LogP contribution in [0.1, 0.15) is 0 Å². The van der Waals surface area contributed by atoms with Crippen LogP contribution in [0.25, 0.3) is 110 Å². The Balaban J connectivity index is 0.779. The minimum atomic E-state index is -0.0865. The third-order valence-corrected chi connectivity index (χ3v) is 16.0. The van der Waals surface area contributed by atoms with E-state index in [2.05, 4.69) is 171 Å². The molecule has 16 aromatic rings. The first-order chi connectivity index (χ1) is 40.5. The summed E-state index contributed by atoms with van der Waals surface area (Å²) in [5.74, 6) is 0. The average Bonchev–Trinajstić information content (AvgIpc) is 3.68. The Morgan fingerprint density at radius 3 is 1.07 bits per heavy atom. The van der Waals surface area contributed by atoms with Crippen molar-refractivity contribution in [1.29, 1.82) is 0 Å². The number of aromatic nitrogens is 2. The van der Waals surface area contributed by atoms with E-state index in [4.69, 9.17) is 8.83 Å². The van der Waals surface area contributed by atoms with Gasteiger partial charge < -0.3 is 27.8 Å². The van der Waals surface area contributed by atoms with E-state index >= 15 is 0 Å². The monoisotopic (exact) mass is 1050 g/mol. The minimum Gasteiger partial charge on any atom is -0.456 e. The second kappa shape index (κ2) is 18.7. The van der Waals surface area contributed by atoms with Crippen LogP contribution < -0.4 is 20.7 Å². The van der Waals surface area contributed by atoms with Gasteiger partial charge in [0.05, 0.1) is 43.6 Å². The molecule has 0 aliphatic heterocycles. The van der Waals surface area contributed by atoms with E-state index in [1.54, 1.807) is 0 Å². The predicted molar refractivity (Wildman–Crippen MR) is 337 cm³/mol. The first-order valence-electron chi connectivity index (χ1n) is 27.4. The van der Waals surface area contributed by atoms with E-state index in [1.807, 2.05) is 127 Å². The zero-order chi connectivity index (χ0) is 54.4. The van der Waals surface area contributed by atoms with E-state index < -0.39 is 0 Å². The normalized spacial score (nSPS) is 11.8. The SMILES string of the molecule is O=c1c2ccc(N(c3ccccc3)c3ccccc3)cc2oc2cc(N(c3ccccc3)c3cccc(-c4ccc5c(c4)c4ccccc4n5-c4ccc5c(=O)c6ccc(-n7c8ccccc8c8ccccc87)cc6oc5c4)c3)ccc12. The average molecular weight is 1060 g/mol. The van der Waals surface area contributed by atoms with E-state index in [0.717, 1.165) is 89.5 Å². The van der Waals surface area contributed by atoms with Gasteiger partial charge in [0, 0.05) is 91.3 Å². The molecular weight excluding hydrogens is 1010 g/mol. The summed E-state index contributed by atoms with van der Waals surface area (Å²) in [7, 11) is 0. The third kappa shape index (κ3) is 7.54. The molecule has 8 nitrogen and oxygen atoms in total. The van der Waals surface area contributed by atoms with Crippen molar-refractivity contribution in [3.8, 4) is 22.5 Å². The number of para-hydroxylation sites is 6. The van der Waals surface area contributed by atoms with Crippen LogP contribution in [0.3, 0.4) is 0 Å². The van der Waals surface area contributed by atoms with Crippen LogP contribution in [-0.4, -0.2) is 9.13 Å². The summed E-state index contributed by atoms with van der Waals surface area (Å²) < 4.78 is 18.0. The number of anilines is 6. The molecule has 16 rings (SSSR count). The van der Waals surface area contributed by atoms with Crippen molar-refractivity contribution in [3.05, 3.63) is 299 Å². The molecule has 82 heavy (non-hydrogen) atoms. The van der Waals surface area contributed by atoms with Crippen LogP contribution in [0.15, 0.2) is 297 Å². The van der Waals surface area contributed by atoms with Crippen LogP contribution in [0, 0.1) is 0 Å². The Labute approximate surface area is 469 Å². The maximum Gasteiger partial charge on any atom is 0.200 e. The van der Waals surface area contributed by atoms with E-state index in [9.17, 15) is 9.59 Å². The molecule has 0 N–H and O–H groups in total. The highest BCUT2D eigenvalue weighted by molar-refractivity contribution is 6.12. The summed E-state index contributed by atoms with van der Waals surface area (Å²) >= 11 is 0. The summed E-state index contributed by atoms with van der Waals surface area (Å²) in [4.78, 5) is 32.9. The second-order valence-electron chi connectivity index (χ2n) is 20.8. The van der Waals surface area contributed by atoms with Gasteiger partial charge in [0.1, 0.15) is 22.3 Å². The Morgan fingerprint density at radius 2 is 0.598 bits per heavy atom. The summed E-state index contributed by atoms with van der Waals surface area (Å²) in [5.41, 5.74) is 15.6. The van der Waals surface area contributed by atoms with Crippen molar-refractivity contribution >= 4 is 122 Å². The molecule has 12 aromatic carbocycles. The highest BCUT2D eigenvalue weighted by Crippen LogP contribution is 2.42. The molecule has 0 spiro atoms. The number of benzene rings is 12. The molecule has 0 atom stereocenters. The molecule has 0 aliphatic rings. The molecule has 386 valence electrons. The predicted octanol–water partition coefficient (Wildman–Crippen LogP) is 19.0. The quantitative estimate of drug-likeness (QED) is 0.134. The lowest BCUT2D eigenvalue weighted by molar-refractivity contribution is 0.659. The number of fused-ring (bicyclic) bond motifs is 10. The Kier molecular flexibility index (Phi) is 10.7. The third-order valence-electron chi connectivity index (χ3n) is 16.0. The Hall–Kier alpha value is -11.2. The molecular formula is C74H46N4O4. The number of rotatable bonds is 9. The van der Waals surface area contributed by atoms with E-state index in [0.29, 0.717) is 43.9 Å². The topological polar surface area (TPSA) is 76.8 Å². The fourth-order valence-electron chi connectivity index (χ4n) is 12.3. The molecule has 0 saturated carbocycles. The highest BCUT2D eigenvalue weighted by atomic mass is 16.3. The number of hydrogen-bond donors (Lipinski definition) is 0. The molecule has 0 unspecified atom stereocenters.